The van der Waals surface area contributed by atoms with Gasteiger partial charge in [0.15, 0.2) is 11.5 Å². The van der Waals surface area contributed by atoms with Crippen molar-refractivity contribution in [3.63, 3.8) is 0 Å². The van der Waals surface area contributed by atoms with Crippen LogP contribution in [0.25, 0.3) is 0 Å². The van der Waals surface area contributed by atoms with E-state index in [9.17, 15) is 4.79 Å². The molecule has 1 aromatic heterocycles. The van der Waals surface area contributed by atoms with Crippen molar-refractivity contribution in [1.82, 2.24) is 10.2 Å². The molecule has 0 atom stereocenters. The molecule has 1 heterocycles. The number of rotatable bonds is 4. The molecule has 1 amide bonds. The fourth-order valence-electron chi connectivity index (χ4n) is 2.85. The highest BCUT2D eigenvalue weighted by Gasteiger charge is 2.10. The predicted octanol–water partition coefficient (Wildman–Crippen LogP) is 4.27. The normalized spacial score (nSPS) is 10.1. The minimum absolute atomic E-state index is 0.210. The van der Waals surface area contributed by atoms with Crippen LogP contribution in [0.2, 0.25) is 0 Å². The van der Waals surface area contributed by atoms with Gasteiger partial charge in [0.25, 0.3) is 5.91 Å². The molecule has 6 nitrogen and oxygen atoms in total. The Morgan fingerprint density at radius 2 is 1.63 bits per heavy atom. The molecule has 2 aromatic carbocycles. The second kappa shape index (κ2) is 7.67. The third-order valence-electron chi connectivity index (χ3n) is 4.10. The van der Waals surface area contributed by atoms with Gasteiger partial charge in [0.05, 0.1) is 11.6 Å². The number of nitrogens with one attached hydrogen (secondary N) is 2. The first-order valence-electron chi connectivity index (χ1n) is 8.46. The minimum atomic E-state index is -0.360. The lowest BCUT2D eigenvalue weighted by Gasteiger charge is -2.13. The molecule has 0 bridgehead atoms. The quantitative estimate of drug-likeness (QED) is 0.728. The molecule has 0 fully saturated rings. The molecule has 0 spiro atoms. The monoisotopic (exact) mass is 357 g/mol. The zero-order valence-corrected chi connectivity index (χ0v) is 15.4. The van der Waals surface area contributed by atoms with Crippen molar-refractivity contribution in [2.45, 2.75) is 20.8 Å². The number of nitrogens with zero attached hydrogens (tertiary/aromatic N) is 3. The van der Waals surface area contributed by atoms with E-state index in [4.69, 9.17) is 5.26 Å². The fraction of sp³-hybridized carbons (Fsp3) is 0.143. The maximum atomic E-state index is 12.3. The molecule has 0 saturated heterocycles. The summed E-state index contributed by atoms with van der Waals surface area (Å²) >= 11 is 0. The Morgan fingerprint density at radius 3 is 2.19 bits per heavy atom. The van der Waals surface area contributed by atoms with Crippen molar-refractivity contribution in [2.75, 3.05) is 10.6 Å². The number of hydrogen-bond acceptors (Lipinski definition) is 5. The first-order valence-corrected chi connectivity index (χ1v) is 8.46. The number of carbonyl (C=O) groups is 1. The van der Waals surface area contributed by atoms with Crippen LogP contribution in [-0.4, -0.2) is 16.1 Å². The molecule has 6 heteroatoms. The van der Waals surface area contributed by atoms with E-state index in [2.05, 4.69) is 39.9 Å². The number of anilines is 3. The topological polar surface area (TPSA) is 90.7 Å². The van der Waals surface area contributed by atoms with Crippen molar-refractivity contribution in [1.29, 1.82) is 5.26 Å². The van der Waals surface area contributed by atoms with E-state index in [0.717, 1.165) is 16.8 Å². The summed E-state index contributed by atoms with van der Waals surface area (Å²) < 4.78 is 0. The highest BCUT2D eigenvalue weighted by molar-refractivity contribution is 6.02. The average Bonchev–Trinajstić information content (AvgIpc) is 2.65. The molecule has 3 rings (SSSR count). The third-order valence-corrected chi connectivity index (χ3v) is 4.10. The Kier molecular flexibility index (Phi) is 5.13. The van der Waals surface area contributed by atoms with Crippen LogP contribution in [0.5, 0.6) is 0 Å². The van der Waals surface area contributed by atoms with Crippen molar-refractivity contribution in [3.05, 3.63) is 76.5 Å². The second-order valence-electron chi connectivity index (χ2n) is 6.35. The molecule has 2 N–H and O–H groups in total. The van der Waals surface area contributed by atoms with E-state index in [0.29, 0.717) is 17.1 Å². The number of aromatic nitrogens is 2. The Morgan fingerprint density at radius 1 is 0.963 bits per heavy atom. The molecule has 0 saturated carbocycles. The van der Waals surface area contributed by atoms with E-state index in [1.54, 1.807) is 36.4 Å². The molecule has 0 aliphatic heterocycles. The second-order valence-corrected chi connectivity index (χ2v) is 6.35. The highest BCUT2D eigenvalue weighted by Crippen LogP contribution is 2.24. The van der Waals surface area contributed by atoms with Crippen LogP contribution in [-0.2, 0) is 0 Å². The number of aryl methyl sites for hydroxylation is 3. The SMILES string of the molecule is Cc1cc(C)c(Nc2ccc(C(=O)Nc3ccc(C#N)cc3)nn2)c(C)c1. The van der Waals surface area contributed by atoms with E-state index in [1.165, 1.54) is 5.56 Å². The van der Waals surface area contributed by atoms with Gasteiger partial charge in [-0.15, -0.1) is 10.2 Å². The van der Waals surface area contributed by atoms with E-state index in [-0.39, 0.29) is 11.6 Å². The molecule has 27 heavy (non-hydrogen) atoms. The third kappa shape index (κ3) is 4.28. The van der Waals surface area contributed by atoms with Crippen LogP contribution < -0.4 is 10.6 Å². The summed E-state index contributed by atoms with van der Waals surface area (Å²) in [5, 5.41) is 22.9. The molecule has 0 aliphatic rings. The van der Waals surface area contributed by atoms with Gasteiger partial charge in [-0.3, -0.25) is 4.79 Å². The van der Waals surface area contributed by atoms with Gasteiger partial charge in [-0.25, -0.2) is 0 Å². The van der Waals surface area contributed by atoms with Crippen LogP contribution in [0.4, 0.5) is 17.2 Å². The Balaban J connectivity index is 1.71. The van der Waals surface area contributed by atoms with Gasteiger partial charge >= 0.3 is 0 Å². The van der Waals surface area contributed by atoms with Gasteiger partial charge in [-0.1, -0.05) is 17.7 Å². The molecular weight excluding hydrogens is 338 g/mol. The Bertz CT molecular complexity index is 995. The van der Waals surface area contributed by atoms with Gasteiger partial charge in [0.1, 0.15) is 0 Å². The van der Waals surface area contributed by atoms with Gasteiger partial charge in [0, 0.05) is 11.4 Å². The summed E-state index contributed by atoms with van der Waals surface area (Å²) in [7, 11) is 0. The minimum Gasteiger partial charge on any atom is -0.338 e. The summed E-state index contributed by atoms with van der Waals surface area (Å²) in [6.07, 6.45) is 0. The lowest BCUT2D eigenvalue weighted by atomic mass is 10.1. The lowest BCUT2D eigenvalue weighted by molar-refractivity contribution is 0.102. The average molecular weight is 357 g/mol. The molecule has 0 unspecified atom stereocenters. The number of amides is 1. The number of benzene rings is 2. The molecule has 0 radical (unpaired) electrons. The van der Waals surface area contributed by atoms with Crippen molar-refractivity contribution < 1.29 is 4.79 Å². The first-order chi connectivity index (χ1) is 13.0. The maximum Gasteiger partial charge on any atom is 0.276 e. The molecular formula is C21H19N5O. The number of hydrogen-bond donors (Lipinski definition) is 2. The summed E-state index contributed by atoms with van der Waals surface area (Å²) in [4.78, 5) is 12.3. The van der Waals surface area contributed by atoms with Crippen LogP contribution in [0, 0.1) is 32.1 Å². The van der Waals surface area contributed by atoms with Gasteiger partial charge in [-0.2, -0.15) is 5.26 Å². The van der Waals surface area contributed by atoms with Crippen LogP contribution in [0.1, 0.15) is 32.7 Å². The van der Waals surface area contributed by atoms with E-state index >= 15 is 0 Å². The lowest BCUT2D eigenvalue weighted by Crippen LogP contribution is -2.14. The van der Waals surface area contributed by atoms with Crippen molar-refractivity contribution in [3.8, 4) is 6.07 Å². The fourth-order valence-corrected chi connectivity index (χ4v) is 2.85. The van der Waals surface area contributed by atoms with Crippen molar-refractivity contribution >= 4 is 23.1 Å². The zero-order valence-electron chi connectivity index (χ0n) is 15.4. The van der Waals surface area contributed by atoms with E-state index in [1.807, 2.05) is 19.9 Å². The van der Waals surface area contributed by atoms with Gasteiger partial charge in [0.2, 0.25) is 0 Å². The number of nitriles is 1. The molecule has 3 aromatic rings. The van der Waals surface area contributed by atoms with Crippen LogP contribution in [0.15, 0.2) is 48.5 Å². The molecule has 0 aliphatic carbocycles. The maximum absolute atomic E-state index is 12.3. The first kappa shape index (κ1) is 18.1. The zero-order chi connectivity index (χ0) is 19.4. The largest absolute Gasteiger partial charge is 0.338 e. The predicted molar refractivity (Wildman–Crippen MR) is 105 cm³/mol. The smallest absolute Gasteiger partial charge is 0.276 e. The van der Waals surface area contributed by atoms with Crippen molar-refractivity contribution in [2.24, 2.45) is 0 Å². The Hall–Kier alpha value is -3.72. The highest BCUT2D eigenvalue weighted by atomic mass is 16.1. The summed E-state index contributed by atoms with van der Waals surface area (Å²) in [5.41, 5.74) is 5.77. The summed E-state index contributed by atoms with van der Waals surface area (Å²) in [5.74, 6) is 0.210. The van der Waals surface area contributed by atoms with Gasteiger partial charge < -0.3 is 10.6 Å². The number of carbonyl (C=O) groups excluding carboxylic acids is 1. The van der Waals surface area contributed by atoms with Gasteiger partial charge in [-0.05, 0) is 68.3 Å². The molecule has 134 valence electrons. The van der Waals surface area contributed by atoms with E-state index < -0.39 is 0 Å². The summed E-state index contributed by atoms with van der Waals surface area (Å²) in [6, 6.07) is 16.2. The standard InChI is InChI=1S/C21H19N5O/c1-13-10-14(2)20(15(3)11-13)24-19-9-8-18(25-26-19)21(27)23-17-6-4-16(12-22)5-7-17/h4-11H,1-3H3,(H,23,27)(H,24,26). The van der Waals surface area contributed by atoms with Crippen LogP contribution in [0.3, 0.4) is 0 Å². The summed E-state index contributed by atoms with van der Waals surface area (Å²) in [6.45, 7) is 6.13. The Labute approximate surface area is 157 Å². The van der Waals surface area contributed by atoms with Crippen LogP contribution >= 0.6 is 0 Å².